The number of fused-ring (bicyclic) bond motifs is 1. The molecule has 0 aliphatic carbocycles. The number of aliphatic carboxylic acids is 1. The number of imidazole rings is 1. The number of carbonyl (C=O) groups is 1. The number of aryl methyl sites for hydroxylation is 3. The topological polar surface area (TPSA) is 55.1 Å². The Morgan fingerprint density at radius 3 is 2.21 bits per heavy atom. The molecule has 0 aliphatic heterocycles. The molecule has 2 aromatic carbocycles. The number of nitrogens with zero attached hydrogens (tertiary/aromatic N) is 2. The third-order valence-electron chi connectivity index (χ3n) is 4.66. The number of hydrogen-bond acceptors (Lipinski definition) is 2. The molecule has 4 nitrogen and oxygen atoms in total. The lowest BCUT2D eigenvalue weighted by Gasteiger charge is -2.25. The summed E-state index contributed by atoms with van der Waals surface area (Å²) in [6.07, 6.45) is 0. The first-order chi connectivity index (χ1) is 11.2. The van der Waals surface area contributed by atoms with E-state index in [4.69, 9.17) is 4.98 Å². The third-order valence-corrected chi connectivity index (χ3v) is 4.66. The van der Waals surface area contributed by atoms with Crippen molar-refractivity contribution in [1.29, 1.82) is 0 Å². The zero-order valence-corrected chi connectivity index (χ0v) is 14.7. The van der Waals surface area contributed by atoms with E-state index in [1.54, 1.807) is 13.8 Å². The molecular weight excluding hydrogens is 300 g/mol. The molecule has 0 spiro atoms. The Balaban J connectivity index is 2.40. The van der Waals surface area contributed by atoms with Crippen LogP contribution in [0.15, 0.2) is 36.4 Å². The van der Waals surface area contributed by atoms with Crippen LogP contribution < -0.4 is 0 Å². The molecule has 0 amide bonds. The molecule has 1 heterocycles. The minimum atomic E-state index is -1.10. The van der Waals surface area contributed by atoms with Gasteiger partial charge >= 0.3 is 5.97 Å². The highest BCUT2D eigenvalue weighted by molar-refractivity contribution is 5.87. The maximum absolute atomic E-state index is 11.9. The Labute approximate surface area is 141 Å². The van der Waals surface area contributed by atoms with Crippen molar-refractivity contribution in [2.75, 3.05) is 0 Å². The first-order valence-electron chi connectivity index (χ1n) is 8.02. The predicted octanol–water partition coefficient (Wildman–Crippen LogP) is 4.45. The summed E-state index contributed by atoms with van der Waals surface area (Å²) in [5.74, 6) is -0.198. The summed E-state index contributed by atoms with van der Waals surface area (Å²) >= 11 is 0. The number of benzene rings is 2. The van der Waals surface area contributed by atoms with Crippen LogP contribution >= 0.6 is 0 Å². The summed E-state index contributed by atoms with van der Waals surface area (Å²) < 4.78 is 1.84. The van der Waals surface area contributed by atoms with Crippen LogP contribution in [0.3, 0.4) is 0 Å². The number of aromatic nitrogens is 2. The van der Waals surface area contributed by atoms with Crippen LogP contribution in [-0.2, 0) is 10.3 Å². The SMILES string of the molecule is Cc1ccc(-c2nc3cc(C)c(C)cc3n2C(C)(C)C(=O)O)cc1. The number of carboxylic acid groups (broad SMARTS) is 1. The van der Waals surface area contributed by atoms with Crippen molar-refractivity contribution >= 4 is 17.0 Å². The van der Waals surface area contributed by atoms with Crippen LogP contribution in [0.1, 0.15) is 30.5 Å². The maximum atomic E-state index is 11.9. The van der Waals surface area contributed by atoms with Gasteiger partial charge in [-0.15, -0.1) is 0 Å². The van der Waals surface area contributed by atoms with Gasteiger partial charge in [0, 0.05) is 5.56 Å². The average Bonchev–Trinajstić information content (AvgIpc) is 2.87. The molecule has 24 heavy (non-hydrogen) atoms. The van der Waals surface area contributed by atoms with Crippen molar-refractivity contribution in [2.45, 2.75) is 40.2 Å². The highest BCUT2D eigenvalue weighted by Crippen LogP contribution is 2.33. The first kappa shape index (κ1) is 16.2. The molecule has 124 valence electrons. The lowest BCUT2D eigenvalue weighted by atomic mass is 10.0. The quantitative estimate of drug-likeness (QED) is 0.775. The van der Waals surface area contributed by atoms with Gasteiger partial charge in [-0.25, -0.2) is 9.78 Å². The summed E-state index contributed by atoms with van der Waals surface area (Å²) in [5.41, 5.74) is 4.92. The van der Waals surface area contributed by atoms with Crippen LogP contribution in [-0.4, -0.2) is 20.6 Å². The van der Waals surface area contributed by atoms with Crippen LogP contribution in [0.2, 0.25) is 0 Å². The van der Waals surface area contributed by atoms with E-state index in [0.717, 1.165) is 33.3 Å². The Hall–Kier alpha value is -2.62. The fourth-order valence-electron chi connectivity index (χ4n) is 2.89. The monoisotopic (exact) mass is 322 g/mol. The second kappa shape index (κ2) is 5.48. The first-order valence-corrected chi connectivity index (χ1v) is 8.02. The molecule has 0 saturated carbocycles. The molecule has 3 aromatic rings. The molecule has 0 radical (unpaired) electrons. The van der Waals surface area contributed by atoms with Crippen LogP contribution in [0.5, 0.6) is 0 Å². The van der Waals surface area contributed by atoms with Crippen molar-refractivity contribution in [3.63, 3.8) is 0 Å². The van der Waals surface area contributed by atoms with E-state index in [-0.39, 0.29) is 0 Å². The van der Waals surface area contributed by atoms with Gasteiger partial charge in [0.25, 0.3) is 0 Å². The second-order valence-electron chi connectivity index (χ2n) is 6.93. The molecular formula is C20H22N2O2. The van der Waals surface area contributed by atoms with Crippen molar-refractivity contribution < 1.29 is 9.90 Å². The minimum absolute atomic E-state index is 0.683. The van der Waals surface area contributed by atoms with Gasteiger partial charge in [-0.2, -0.15) is 0 Å². The Kier molecular flexibility index (Phi) is 3.71. The fourth-order valence-corrected chi connectivity index (χ4v) is 2.89. The summed E-state index contributed by atoms with van der Waals surface area (Å²) in [6, 6.07) is 12.1. The lowest BCUT2D eigenvalue weighted by molar-refractivity contribution is -0.145. The van der Waals surface area contributed by atoms with E-state index in [2.05, 4.69) is 0 Å². The summed E-state index contributed by atoms with van der Waals surface area (Å²) in [6.45, 7) is 9.53. The highest BCUT2D eigenvalue weighted by atomic mass is 16.4. The molecule has 0 bridgehead atoms. The van der Waals surface area contributed by atoms with Gasteiger partial charge in [-0.05, 0) is 57.9 Å². The molecule has 4 heteroatoms. The van der Waals surface area contributed by atoms with Gasteiger partial charge in [0.05, 0.1) is 11.0 Å². The van der Waals surface area contributed by atoms with E-state index in [0.29, 0.717) is 5.82 Å². The Morgan fingerprint density at radius 2 is 1.62 bits per heavy atom. The molecule has 3 rings (SSSR count). The van der Waals surface area contributed by atoms with E-state index < -0.39 is 11.5 Å². The standard InChI is InChI=1S/C20H22N2O2/c1-12-6-8-15(9-7-12)18-21-16-10-13(2)14(3)11-17(16)22(18)20(4,5)19(23)24/h6-11H,1-5H3,(H,23,24). The highest BCUT2D eigenvalue weighted by Gasteiger charge is 2.34. The van der Waals surface area contributed by atoms with Crippen molar-refractivity contribution in [3.05, 3.63) is 53.1 Å². The van der Waals surface area contributed by atoms with Crippen LogP contribution in [0.4, 0.5) is 0 Å². The molecule has 0 unspecified atom stereocenters. The van der Waals surface area contributed by atoms with Crippen LogP contribution in [0, 0.1) is 20.8 Å². The van der Waals surface area contributed by atoms with E-state index >= 15 is 0 Å². The Bertz CT molecular complexity index is 934. The number of carboxylic acids is 1. The summed E-state index contributed by atoms with van der Waals surface area (Å²) in [5, 5.41) is 9.76. The molecule has 1 aromatic heterocycles. The van der Waals surface area contributed by atoms with E-state index in [9.17, 15) is 9.90 Å². The molecule has 0 aliphatic rings. The average molecular weight is 322 g/mol. The van der Waals surface area contributed by atoms with Gasteiger partial charge in [-0.1, -0.05) is 29.8 Å². The van der Waals surface area contributed by atoms with Crippen molar-refractivity contribution in [3.8, 4) is 11.4 Å². The smallest absolute Gasteiger partial charge is 0.329 e. The van der Waals surface area contributed by atoms with Gasteiger partial charge < -0.3 is 9.67 Å². The molecule has 0 atom stereocenters. The normalized spacial score (nSPS) is 11.9. The summed E-state index contributed by atoms with van der Waals surface area (Å²) in [4.78, 5) is 16.7. The van der Waals surface area contributed by atoms with Gasteiger partial charge in [0.15, 0.2) is 0 Å². The van der Waals surface area contributed by atoms with Gasteiger partial charge in [-0.3, -0.25) is 0 Å². The largest absolute Gasteiger partial charge is 0.480 e. The predicted molar refractivity (Wildman–Crippen MR) is 96.3 cm³/mol. The van der Waals surface area contributed by atoms with Crippen molar-refractivity contribution in [1.82, 2.24) is 9.55 Å². The fraction of sp³-hybridized carbons (Fsp3) is 0.300. The lowest BCUT2D eigenvalue weighted by Crippen LogP contribution is -2.36. The van der Waals surface area contributed by atoms with E-state index in [1.807, 2.05) is 61.7 Å². The van der Waals surface area contributed by atoms with Crippen LogP contribution in [0.25, 0.3) is 22.4 Å². The van der Waals surface area contributed by atoms with E-state index in [1.165, 1.54) is 0 Å². The van der Waals surface area contributed by atoms with Gasteiger partial charge in [0.2, 0.25) is 0 Å². The third kappa shape index (κ3) is 2.48. The molecule has 0 saturated heterocycles. The zero-order chi connectivity index (χ0) is 17.6. The molecule has 1 N–H and O–H groups in total. The maximum Gasteiger partial charge on any atom is 0.329 e. The number of hydrogen-bond donors (Lipinski definition) is 1. The minimum Gasteiger partial charge on any atom is -0.480 e. The second-order valence-corrected chi connectivity index (χ2v) is 6.93. The Morgan fingerprint density at radius 1 is 1.04 bits per heavy atom. The van der Waals surface area contributed by atoms with Gasteiger partial charge in [0.1, 0.15) is 11.4 Å². The molecule has 0 fully saturated rings. The van der Waals surface area contributed by atoms with Crippen molar-refractivity contribution in [2.24, 2.45) is 0 Å². The summed E-state index contributed by atoms with van der Waals surface area (Å²) in [7, 11) is 0. The number of rotatable bonds is 3. The zero-order valence-electron chi connectivity index (χ0n) is 14.7.